The van der Waals surface area contributed by atoms with E-state index in [0.717, 1.165) is 0 Å². The number of nitrogens with one attached hydrogen (secondary N) is 1. The molecule has 1 aromatic carbocycles. The van der Waals surface area contributed by atoms with E-state index in [1.54, 1.807) is 24.3 Å². The SMILES string of the molecule is COc1ccccc1OCCNCC(O)C(F)(F)F. The lowest BCUT2D eigenvalue weighted by Crippen LogP contribution is -2.39. The lowest BCUT2D eigenvalue weighted by molar-refractivity contribution is -0.201. The molecular formula is C12H16F3NO3. The number of halogens is 3. The van der Waals surface area contributed by atoms with Crippen molar-refractivity contribution in [3.05, 3.63) is 24.3 Å². The Morgan fingerprint density at radius 1 is 1.26 bits per heavy atom. The highest BCUT2D eigenvalue weighted by Crippen LogP contribution is 2.25. The van der Waals surface area contributed by atoms with Gasteiger partial charge in [0, 0.05) is 13.1 Å². The van der Waals surface area contributed by atoms with Crippen LogP contribution in [0.1, 0.15) is 0 Å². The van der Waals surface area contributed by atoms with Crippen molar-refractivity contribution in [1.82, 2.24) is 5.32 Å². The van der Waals surface area contributed by atoms with Crippen LogP contribution < -0.4 is 14.8 Å². The van der Waals surface area contributed by atoms with Crippen molar-refractivity contribution in [2.45, 2.75) is 12.3 Å². The van der Waals surface area contributed by atoms with Gasteiger partial charge >= 0.3 is 6.18 Å². The number of aliphatic hydroxyl groups is 1. The van der Waals surface area contributed by atoms with Gasteiger partial charge in [-0.05, 0) is 12.1 Å². The van der Waals surface area contributed by atoms with E-state index in [4.69, 9.17) is 14.6 Å². The van der Waals surface area contributed by atoms with E-state index in [1.807, 2.05) is 0 Å². The molecule has 0 aliphatic carbocycles. The van der Waals surface area contributed by atoms with E-state index in [2.05, 4.69) is 5.32 Å². The number of alkyl halides is 3. The monoisotopic (exact) mass is 279 g/mol. The lowest BCUT2D eigenvalue weighted by atomic mass is 10.3. The van der Waals surface area contributed by atoms with Gasteiger partial charge in [0.15, 0.2) is 17.6 Å². The second kappa shape index (κ2) is 7.20. The Morgan fingerprint density at radius 2 is 1.89 bits per heavy atom. The van der Waals surface area contributed by atoms with Crippen molar-refractivity contribution in [1.29, 1.82) is 0 Å². The second-order valence-electron chi connectivity index (χ2n) is 3.76. The molecule has 0 saturated carbocycles. The summed E-state index contributed by atoms with van der Waals surface area (Å²) in [7, 11) is 1.50. The number of hydrogen-bond donors (Lipinski definition) is 2. The van der Waals surface area contributed by atoms with Crippen LogP contribution in [0.25, 0.3) is 0 Å². The number of aliphatic hydroxyl groups excluding tert-OH is 1. The summed E-state index contributed by atoms with van der Waals surface area (Å²) in [4.78, 5) is 0. The number of para-hydroxylation sites is 2. The van der Waals surface area contributed by atoms with Gasteiger partial charge in [0.2, 0.25) is 0 Å². The molecule has 1 unspecified atom stereocenters. The van der Waals surface area contributed by atoms with Crippen LogP contribution in [0.5, 0.6) is 11.5 Å². The van der Waals surface area contributed by atoms with Crippen LogP contribution in [0, 0.1) is 0 Å². The molecule has 1 atom stereocenters. The summed E-state index contributed by atoms with van der Waals surface area (Å²) in [5.41, 5.74) is 0. The Labute approximate surface area is 109 Å². The minimum absolute atomic E-state index is 0.172. The minimum atomic E-state index is -4.60. The first-order chi connectivity index (χ1) is 8.95. The average molecular weight is 279 g/mol. The highest BCUT2D eigenvalue weighted by Gasteiger charge is 2.37. The minimum Gasteiger partial charge on any atom is -0.493 e. The Balaban J connectivity index is 2.24. The standard InChI is InChI=1S/C12H16F3NO3/c1-18-9-4-2-3-5-10(9)19-7-6-16-8-11(17)12(13,14)15/h2-5,11,16-17H,6-8H2,1H3. The Morgan fingerprint density at radius 3 is 2.47 bits per heavy atom. The molecule has 2 N–H and O–H groups in total. The molecule has 0 spiro atoms. The maximum atomic E-state index is 12.0. The van der Waals surface area contributed by atoms with Gasteiger partial charge in [-0.3, -0.25) is 0 Å². The molecule has 4 nitrogen and oxygen atoms in total. The van der Waals surface area contributed by atoms with Crippen molar-refractivity contribution in [3.8, 4) is 11.5 Å². The van der Waals surface area contributed by atoms with Crippen molar-refractivity contribution in [2.75, 3.05) is 26.8 Å². The quantitative estimate of drug-likeness (QED) is 0.744. The molecule has 19 heavy (non-hydrogen) atoms. The fourth-order valence-corrected chi connectivity index (χ4v) is 1.33. The van der Waals surface area contributed by atoms with Gasteiger partial charge in [0.05, 0.1) is 7.11 Å². The van der Waals surface area contributed by atoms with Crippen LogP contribution in [0.3, 0.4) is 0 Å². The fourth-order valence-electron chi connectivity index (χ4n) is 1.33. The number of rotatable bonds is 7. The van der Waals surface area contributed by atoms with E-state index in [9.17, 15) is 13.2 Å². The van der Waals surface area contributed by atoms with Crippen molar-refractivity contribution in [2.24, 2.45) is 0 Å². The number of methoxy groups -OCH3 is 1. The molecule has 108 valence electrons. The maximum Gasteiger partial charge on any atom is 0.415 e. The van der Waals surface area contributed by atoms with Crippen molar-refractivity contribution < 1.29 is 27.8 Å². The van der Waals surface area contributed by atoms with E-state index in [1.165, 1.54) is 7.11 Å². The first-order valence-electron chi connectivity index (χ1n) is 5.66. The topological polar surface area (TPSA) is 50.7 Å². The van der Waals surface area contributed by atoms with Gasteiger partial charge in [-0.1, -0.05) is 12.1 Å². The molecule has 0 amide bonds. The van der Waals surface area contributed by atoms with Crippen LogP contribution in [0.4, 0.5) is 13.2 Å². The fraction of sp³-hybridized carbons (Fsp3) is 0.500. The third-order valence-electron chi connectivity index (χ3n) is 2.32. The molecule has 0 aliphatic heterocycles. The van der Waals surface area contributed by atoms with Gasteiger partial charge < -0.3 is 19.9 Å². The van der Waals surface area contributed by atoms with Crippen molar-refractivity contribution in [3.63, 3.8) is 0 Å². The predicted molar refractivity (Wildman–Crippen MR) is 63.4 cm³/mol. The highest BCUT2D eigenvalue weighted by molar-refractivity contribution is 5.39. The summed E-state index contributed by atoms with van der Waals surface area (Å²) in [6.45, 7) is -0.199. The third-order valence-corrected chi connectivity index (χ3v) is 2.32. The van der Waals surface area contributed by atoms with Crippen LogP contribution in [-0.4, -0.2) is 44.2 Å². The van der Waals surface area contributed by atoms with Gasteiger partial charge in [-0.25, -0.2) is 0 Å². The Kier molecular flexibility index (Phi) is 5.91. The molecule has 1 rings (SSSR count). The largest absolute Gasteiger partial charge is 0.493 e. The molecule has 0 aliphatic rings. The number of benzene rings is 1. The second-order valence-corrected chi connectivity index (χ2v) is 3.76. The summed E-state index contributed by atoms with van der Waals surface area (Å²) >= 11 is 0. The zero-order valence-electron chi connectivity index (χ0n) is 10.4. The molecule has 0 fully saturated rings. The smallest absolute Gasteiger partial charge is 0.415 e. The van der Waals surface area contributed by atoms with Crippen LogP contribution >= 0.6 is 0 Å². The van der Waals surface area contributed by atoms with Gasteiger partial charge in [-0.15, -0.1) is 0 Å². The molecule has 0 saturated heterocycles. The van der Waals surface area contributed by atoms with E-state index >= 15 is 0 Å². The first-order valence-corrected chi connectivity index (χ1v) is 5.66. The molecule has 0 radical (unpaired) electrons. The Hall–Kier alpha value is -1.47. The zero-order chi connectivity index (χ0) is 14.3. The molecule has 7 heteroatoms. The third kappa shape index (κ3) is 5.35. The zero-order valence-corrected chi connectivity index (χ0v) is 10.4. The normalized spacial score (nSPS) is 13.1. The van der Waals surface area contributed by atoms with Crippen LogP contribution in [0.2, 0.25) is 0 Å². The van der Waals surface area contributed by atoms with Gasteiger partial charge in [0.1, 0.15) is 6.61 Å². The summed E-state index contributed by atoms with van der Waals surface area (Å²) in [6.07, 6.45) is -6.96. The molecule has 0 bridgehead atoms. The molecule has 0 aromatic heterocycles. The van der Waals surface area contributed by atoms with Crippen LogP contribution in [-0.2, 0) is 0 Å². The lowest BCUT2D eigenvalue weighted by Gasteiger charge is -2.15. The van der Waals surface area contributed by atoms with Crippen LogP contribution in [0.15, 0.2) is 24.3 Å². The number of ether oxygens (including phenoxy) is 2. The predicted octanol–water partition coefficient (Wildman–Crippen LogP) is 1.59. The average Bonchev–Trinajstić information content (AvgIpc) is 2.37. The first kappa shape index (κ1) is 15.6. The van der Waals surface area contributed by atoms with E-state index in [0.29, 0.717) is 11.5 Å². The van der Waals surface area contributed by atoms with Gasteiger partial charge in [0.25, 0.3) is 0 Å². The summed E-state index contributed by atoms with van der Waals surface area (Å²) < 4.78 is 46.3. The van der Waals surface area contributed by atoms with Crippen molar-refractivity contribution >= 4 is 0 Å². The summed E-state index contributed by atoms with van der Waals surface area (Å²) in [5, 5.41) is 11.2. The Bertz CT molecular complexity index is 385. The number of hydrogen-bond acceptors (Lipinski definition) is 4. The van der Waals surface area contributed by atoms with E-state index in [-0.39, 0.29) is 13.2 Å². The molecular weight excluding hydrogens is 263 g/mol. The molecule has 0 heterocycles. The summed E-state index contributed by atoms with van der Waals surface area (Å²) in [6, 6.07) is 6.96. The van der Waals surface area contributed by atoms with E-state index < -0.39 is 18.8 Å². The van der Waals surface area contributed by atoms with Gasteiger partial charge in [-0.2, -0.15) is 13.2 Å². The maximum absolute atomic E-state index is 12.0. The molecule has 1 aromatic rings. The summed E-state index contributed by atoms with van der Waals surface area (Å²) in [5.74, 6) is 1.07. The highest BCUT2D eigenvalue weighted by atomic mass is 19.4.